The van der Waals surface area contributed by atoms with Gasteiger partial charge in [0.05, 0.1) is 7.11 Å². The fraction of sp³-hybridized carbons (Fsp3) is 0.533. The average Bonchev–Trinajstić information content (AvgIpc) is 2.42. The van der Waals surface area contributed by atoms with Gasteiger partial charge in [0.2, 0.25) is 0 Å². The summed E-state index contributed by atoms with van der Waals surface area (Å²) >= 11 is 0. The molecule has 0 aliphatic heterocycles. The smallest absolute Gasteiger partial charge is 0.193 e. The van der Waals surface area contributed by atoms with Crippen LogP contribution in [-0.4, -0.2) is 32.8 Å². The lowest BCUT2D eigenvalue weighted by atomic mass is 10.2. The minimum absolute atomic E-state index is 0. The highest BCUT2D eigenvalue weighted by Crippen LogP contribution is 2.16. The molecule has 0 fully saturated rings. The number of anilines is 1. The number of methoxy groups -OCH3 is 1. The Balaban J connectivity index is 0.00000400. The quantitative estimate of drug-likeness (QED) is 0.301. The molecule has 1 aromatic carbocycles. The average molecular weight is 407 g/mol. The summed E-state index contributed by atoms with van der Waals surface area (Å²) in [6, 6.07) is 7.56. The van der Waals surface area contributed by atoms with Gasteiger partial charge in [-0.25, -0.2) is 0 Å². The van der Waals surface area contributed by atoms with Crippen LogP contribution in [0.1, 0.15) is 20.3 Å². The fourth-order valence-corrected chi connectivity index (χ4v) is 1.57. The Morgan fingerprint density at radius 2 is 2.14 bits per heavy atom. The Morgan fingerprint density at radius 3 is 2.81 bits per heavy atom. The molecule has 1 rings (SSSR count). The molecule has 0 amide bonds. The number of ether oxygens (including phenoxy) is 2. The Bertz CT molecular complexity index is 425. The number of aliphatic imine (C=N–C) groups is 1. The second-order valence-corrected chi connectivity index (χ2v) is 4.95. The van der Waals surface area contributed by atoms with E-state index in [-0.39, 0.29) is 24.0 Å². The zero-order valence-electron chi connectivity index (χ0n) is 13.0. The molecule has 0 saturated heterocycles. The van der Waals surface area contributed by atoms with Crippen LogP contribution in [0.25, 0.3) is 0 Å². The van der Waals surface area contributed by atoms with E-state index in [0.29, 0.717) is 25.0 Å². The van der Waals surface area contributed by atoms with E-state index in [4.69, 9.17) is 15.2 Å². The fourth-order valence-electron chi connectivity index (χ4n) is 1.57. The van der Waals surface area contributed by atoms with Crippen LogP contribution in [0.4, 0.5) is 5.69 Å². The predicted octanol–water partition coefficient (Wildman–Crippen LogP) is 3.10. The van der Waals surface area contributed by atoms with E-state index in [2.05, 4.69) is 24.2 Å². The summed E-state index contributed by atoms with van der Waals surface area (Å²) in [6.45, 7) is 6.43. The van der Waals surface area contributed by atoms with E-state index < -0.39 is 0 Å². The topological polar surface area (TPSA) is 68.9 Å². The lowest BCUT2D eigenvalue weighted by Crippen LogP contribution is -2.23. The lowest BCUT2D eigenvalue weighted by Gasteiger charge is -2.08. The van der Waals surface area contributed by atoms with Gasteiger partial charge >= 0.3 is 0 Å². The third-order valence-electron chi connectivity index (χ3n) is 2.52. The number of nitrogens with zero attached hydrogens (tertiary/aromatic N) is 1. The molecular weight excluding hydrogens is 381 g/mol. The number of nitrogens with one attached hydrogen (secondary N) is 1. The Labute approximate surface area is 144 Å². The van der Waals surface area contributed by atoms with Crippen molar-refractivity contribution in [1.29, 1.82) is 0 Å². The van der Waals surface area contributed by atoms with Crippen molar-refractivity contribution in [3.05, 3.63) is 24.3 Å². The van der Waals surface area contributed by atoms with Crippen LogP contribution in [-0.2, 0) is 4.74 Å². The van der Waals surface area contributed by atoms with Crippen LogP contribution in [0.5, 0.6) is 5.75 Å². The molecule has 21 heavy (non-hydrogen) atoms. The molecule has 6 heteroatoms. The van der Waals surface area contributed by atoms with Gasteiger partial charge in [0, 0.05) is 31.5 Å². The number of nitrogens with two attached hydrogens (primary N) is 1. The van der Waals surface area contributed by atoms with E-state index in [0.717, 1.165) is 24.5 Å². The van der Waals surface area contributed by atoms with Gasteiger partial charge in [-0.2, -0.15) is 0 Å². The summed E-state index contributed by atoms with van der Waals surface area (Å²) in [5, 5.41) is 3.03. The number of hydrogen-bond donors (Lipinski definition) is 2. The minimum atomic E-state index is 0. The van der Waals surface area contributed by atoms with Gasteiger partial charge in [-0.15, -0.1) is 24.0 Å². The molecule has 0 aliphatic carbocycles. The maximum absolute atomic E-state index is 5.82. The molecule has 0 heterocycles. The summed E-state index contributed by atoms with van der Waals surface area (Å²) < 4.78 is 10.6. The zero-order valence-corrected chi connectivity index (χ0v) is 15.3. The number of benzene rings is 1. The molecule has 3 N–H and O–H groups in total. The SMILES string of the molecule is COc1cccc(NC(N)=NCCCOCC(C)C)c1.I. The molecule has 0 atom stereocenters. The molecular formula is C15H26IN3O2. The van der Waals surface area contributed by atoms with Crippen molar-refractivity contribution >= 4 is 35.6 Å². The van der Waals surface area contributed by atoms with E-state index in [1.165, 1.54) is 0 Å². The van der Waals surface area contributed by atoms with Gasteiger partial charge in [-0.3, -0.25) is 4.99 Å². The van der Waals surface area contributed by atoms with E-state index in [1.54, 1.807) is 7.11 Å². The highest BCUT2D eigenvalue weighted by Gasteiger charge is 1.97. The van der Waals surface area contributed by atoms with Crippen molar-refractivity contribution in [1.82, 2.24) is 0 Å². The summed E-state index contributed by atoms with van der Waals surface area (Å²) in [5.41, 5.74) is 6.68. The maximum Gasteiger partial charge on any atom is 0.193 e. The Hall–Kier alpha value is -1.02. The normalized spacial score (nSPS) is 11.1. The standard InChI is InChI=1S/C15H25N3O2.HI/c1-12(2)11-20-9-5-8-17-15(16)18-13-6-4-7-14(10-13)19-3;/h4,6-7,10,12H,5,8-9,11H2,1-3H3,(H3,16,17,18);1H. The highest BCUT2D eigenvalue weighted by atomic mass is 127. The molecule has 5 nitrogen and oxygen atoms in total. The van der Waals surface area contributed by atoms with Crippen LogP contribution in [0.15, 0.2) is 29.3 Å². The first-order chi connectivity index (χ1) is 9.61. The van der Waals surface area contributed by atoms with Crippen LogP contribution in [0, 0.1) is 5.92 Å². The van der Waals surface area contributed by atoms with Crippen molar-refractivity contribution in [2.75, 3.05) is 32.2 Å². The van der Waals surface area contributed by atoms with Crippen LogP contribution in [0.2, 0.25) is 0 Å². The van der Waals surface area contributed by atoms with E-state index in [9.17, 15) is 0 Å². The number of halogens is 1. The largest absolute Gasteiger partial charge is 0.497 e. The molecule has 120 valence electrons. The van der Waals surface area contributed by atoms with Crippen LogP contribution >= 0.6 is 24.0 Å². The van der Waals surface area contributed by atoms with Crippen molar-refractivity contribution in [2.24, 2.45) is 16.6 Å². The molecule has 0 aliphatic rings. The lowest BCUT2D eigenvalue weighted by molar-refractivity contribution is 0.109. The van der Waals surface area contributed by atoms with Gasteiger partial charge in [0.15, 0.2) is 5.96 Å². The van der Waals surface area contributed by atoms with Crippen molar-refractivity contribution < 1.29 is 9.47 Å². The molecule has 1 aromatic rings. The molecule has 0 unspecified atom stereocenters. The predicted molar refractivity (Wildman–Crippen MR) is 98.8 cm³/mol. The van der Waals surface area contributed by atoms with Crippen LogP contribution in [0.3, 0.4) is 0 Å². The van der Waals surface area contributed by atoms with Crippen molar-refractivity contribution in [2.45, 2.75) is 20.3 Å². The third-order valence-corrected chi connectivity index (χ3v) is 2.52. The molecule has 0 bridgehead atoms. The number of guanidine groups is 1. The number of rotatable bonds is 8. The zero-order chi connectivity index (χ0) is 14.8. The third kappa shape index (κ3) is 9.52. The van der Waals surface area contributed by atoms with E-state index >= 15 is 0 Å². The van der Waals surface area contributed by atoms with Crippen LogP contribution < -0.4 is 15.8 Å². The summed E-state index contributed by atoms with van der Waals surface area (Å²) in [6.07, 6.45) is 0.868. The Morgan fingerprint density at radius 1 is 1.38 bits per heavy atom. The first kappa shape index (κ1) is 20.0. The molecule has 0 saturated carbocycles. The number of hydrogen-bond acceptors (Lipinski definition) is 3. The summed E-state index contributed by atoms with van der Waals surface area (Å²) in [5.74, 6) is 1.75. The van der Waals surface area contributed by atoms with Gasteiger partial charge in [0.1, 0.15) is 5.75 Å². The monoisotopic (exact) mass is 407 g/mol. The minimum Gasteiger partial charge on any atom is -0.497 e. The summed E-state index contributed by atoms with van der Waals surface area (Å²) in [7, 11) is 1.63. The second kappa shape index (κ2) is 11.6. The van der Waals surface area contributed by atoms with Gasteiger partial charge in [-0.05, 0) is 24.5 Å². The van der Waals surface area contributed by atoms with Gasteiger partial charge in [0.25, 0.3) is 0 Å². The van der Waals surface area contributed by atoms with Gasteiger partial charge in [-0.1, -0.05) is 19.9 Å². The van der Waals surface area contributed by atoms with Crippen molar-refractivity contribution in [3.8, 4) is 5.75 Å². The maximum atomic E-state index is 5.82. The molecule has 0 aromatic heterocycles. The van der Waals surface area contributed by atoms with Gasteiger partial charge < -0.3 is 20.5 Å². The van der Waals surface area contributed by atoms with Crippen molar-refractivity contribution in [3.63, 3.8) is 0 Å². The first-order valence-corrected chi connectivity index (χ1v) is 6.90. The van der Waals surface area contributed by atoms with E-state index in [1.807, 2.05) is 24.3 Å². The first-order valence-electron chi connectivity index (χ1n) is 6.90. The summed E-state index contributed by atoms with van der Waals surface area (Å²) in [4.78, 5) is 4.25. The molecule has 0 spiro atoms. The highest BCUT2D eigenvalue weighted by molar-refractivity contribution is 14.0. The second-order valence-electron chi connectivity index (χ2n) is 4.95. The molecule has 0 radical (unpaired) electrons. The Kier molecular flexibility index (Phi) is 11.1.